The first kappa shape index (κ1) is 22.0. The number of rotatable bonds is 5. The van der Waals surface area contributed by atoms with Crippen molar-refractivity contribution in [2.75, 3.05) is 0 Å². The Balaban J connectivity index is 1.69. The van der Waals surface area contributed by atoms with Crippen LogP contribution in [0.3, 0.4) is 0 Å². The number of pyridine rings is 2. The number of aromatic amines is 1. The van der Waals surface area contributed by atoms with Gasteiger partial charge < -0.3 is 9.72 Å². The molecular weight excluding hydrogens is 400 g/mol. The van der Waals surface area contributed by atoms with Crippen molar-refractivity contribution in [1.29, 1.82) is 0 Å². The van der Waals surface area contributed by atoms with Gasteiger partial charge >= 0.3 is 0 Å². The van der Waals surface area contributed by atoms with Crippen LogP contribution in [0.25, 0.3) is 11.1 Å². The number of carbonyl (C=O) groups is 1. The number of aryl methyl sites for hydroxylation is 4. The number of aromatic nitrogens is 2. The molecule has 1 aromatic carbocycles. The Morgan fingerprint density at radius 2 is 2.00 bits per heavy atom. The molecule has 1 N–H and O–H groups in total. The largest absolute Gasteiger partial charge is 0.490 e. The number of hydrogen-bond acceptors (Lipinski definition) is 4. The van der Waals surface area contributed by atoms with Crippen LogP contribution in [0.2, 0.25) is 0 Å². The number of hydrogen-bond donors (Lipinski definition) is 1. The molecule has 5 nitrogen and oxygen atoms in total. The lowest BCUT2D eigenvalue weighted by atomic mass is 9.93. The predicted octanol–water partition coefficient (Wildman–Crippen LogP) is 5.28. The van der Waals surface area contributed by atoms with Crippen LogP contribution >= 0.6 is 0 Å². The monoisotopic (exact) mass is 430 g/mol. The minimum Gasteiger partial charge on any atom is -0.490 e. The van der Waals surface area contributed by atoms with E-state index < -0.39 is 0 Å². The number of carbonyl (C=O) groups excluding carboxylic acids is 1. The smallest absolute Gasteiger partial charge is 0.251 e. The molecule has 1 unspecified atom stereocenters. The molecular formula is C27H30N2O3. The van der Waals surface area contributed by atoms with Crippen molar-refractivity contribution >= 4 is 5.78 Å². The lowest BCUT2D eigenvalue weighted by Gasteiger charge is -2.18. The summed E-state index contributed by atoms with van der Waals surface area (Å²) in [5.41, 5.74) is 6.87. The number of fused-ring (bicyclic) bond motifs is 1. The van der Waals surface area contributed by atoms with Gasteiger partial charge in [-0.3, -0.25) is 14.6 Å². The van der Waals surface area contributed by atoms with Crippen molar-refractivity contribution in [1.82, 2.24) is 9.97 Å². The second-order valence-corrected chi connectivity index (χ2v) is 8.89. The van der Waals surface area contributed by atoms with Gasteiger partial charge in [0, 0.05) is 46.3 Å². The molecule has 32 heavy (non-hydrogen) atoms. The molecule has 1 atom stereocenters. The highest BCUT2D eigenvalue weighted by Crippen LogP contribution is 2.38. The van der Waals surface area contributed by atoms with Gasteiger partial charge in [-0.05, 0) is 88.8 Å². The standard InChI is InChI=1S/C27H30N2O3/c1-16-12-18(3)29-27(31)23(16)10-11-25(30)22-13-20-7-5-6-19(4)32-26(20)24(14-22)21-9-8-17(2)28-15-21/h8-9,12-15,19H,5-7,10-11H2,1-4H3,(H,29,31). The van der Waals surface area contributed by atoms with Crippen LogP contribution in [-0.2, 0) is 12.8 Å². The maximum Gasteiger partial charge on any atom is 0.251 e. The number of nitrogens with zero attached hydrogens (tertiary/aromatic N) is 1. The molecule has 1 aliphatic heterocycles. The Morgan fingerprint density at radius 3 is 2.72 bits per heavy atom. The number of Topliss-reactive ketones (excluding diaryl/α,β-unsaturated/α-hetero) is 1. The Bertz CT molecular complexity index is 1210. The van der Waals surface area contributed by atoms with Crippen LogP contribution in [0.15, 0.2) is 41.3 Å². The zero-order chi connectivity index (χ0) is 22.8. The summed E-state index contributed by atoms with van der Waals surface area (Å²) < 4.78 is 6.29. The summed E-state index contributed by atoms with van der Waals surface area (Å²) in [6, 6.07) is 9.86. The van der Waals surface area contributed by atoms with Crippen LogP contribution < -0.4 is 10.3 Å². The second kappa shape index (κ2) is 9.11. The molecule has 0 saturated carbocycles. The molecule has 166 valence electrons. The van der Waals surface area contributed by atoms with E-state index in [1.165, 1.54) is 0 Å². The third-order valence-electron chi connectivity index (χ3n) is 6.18. The topological polar surface area (TPSA) is 72.0 Å². The third-order valence-corrected chi connectivity index (χ3v) is 6.18. The summed E-state index contributed by atoms with van der Waals surface area (Å²) >= 11 is 0. The molecule has 0 bridgehead atoms. The summed E-state index contributed by atoms with van der Waals surface area (Å²) in [5.74, 6) is 0.897. The Morgan fingerprint density at radius 1 is 1.19 bits per heavy atom. The third kappa shape index (κ3) is 4.67. The average Bonchev–Trinajstić information content (AvgIpc) is 2.93. The maximum atomic E-state index is 13.2. The first-order valence-corrected chi connectivity index (χ1v) is 11.3. The second-order valence-electron chi connectivity index (χ2n) is 8.89. The minimum atomic E-state index is -0.106. The van der Waals surface area contributed by atoms with E-state index in [4.69, 9.17) is 4.74 Å². The van der Waals surface area contributed by atoms with Crippen molar-refractivity contribution in [3.05, 3.63) is 80.5 Å². The van der Waals surface area contributed by atoms with Gasteiger partial charge in [-0.2, -0.15) is 0 Å². The first-order chi connectivity index (χ1) is 15.3. The minimum absolute atomic E-state index is 0.0331. The molecule has 0 aliphatic carbocycles. The van der Waals surface area contributed by atoms with Gasteiger partial charge in [0.15, 0.2) is 5.78 Å². The Labute approximate surface area is 188 Å². The maximum absolute atomic E-state index is 13.2. The van der Waals surface area contributed by atoms with Crippen molar-refractivity contribution < 1.29 is 9.53 Å². The zero-order valence-corrected chi connectivity index (χ0v) is 19.2. The van der Waals surface area contributed by atoms with Crippen molar-refractivity contribution in [2.24, 2.45) is 0 Å². The molecule has 4 rings (SSSR count). The van der Waals surface area contributed by atoms with Crippen LogP contribution in [-0.4, -0.2) is 21.9 Å². The van der Waals surface area contributed by atoms with Crippen LogP contribution in [0.4, 0.5) is 0 Å². The summed E-state index contributed by atoms with van der Waals surface area (Å²) in [6.45, 7) is 7.83. The van der Waals surface area contributed by atoms with Crippen molar-refractivity contribution in [2.45, 2.75) is 65.9 Å². The average molecular weight is 431 g/mol. The highest BCUT2D eigenvalue weighted by atomic mass is 16.5. The van der Waals surface area contributed by atoms with E-state index in [1.54, 1.807) is 0 Å². The van der Waals surface area contributed by atoms with E-state index in [-0.39, 0.29) is 23.9 Å². The molecule has 0 radical (unpaired) electrons. The van der Waals surface area contributed by atoms with Crippen molar-refractivity contribution in [3.8, 4) is 16.9 Å². The fourth-order valence-electron chi connectivity index (χ4n) is 4.43. The fraction of sp³-hybridized carbons (Fsp3) is 0.370. The molecule has 0 fully saturated rings. The van der Waals surface area contributed by atoms with E-state index in [0.717, 1.165) is 58.7 Å². The van der Waals surface area contributed by atoms with Crippen molar-refractivity contribution in [3.63, 3.8) is 0 Å². The first-order valence-electron chi connectivity index (χ1n) is 11.3. The van der Waals surface area contributed by atoms with Gasteiger partial charge in [0.25, 0.3) is 5.56 Å². The number of ketones is 1. The van der Waals surface area contributed by atoms with Gasteiger partial charge in [0.2, 0.25) is 0 Å². The van der Waals surface area contributed by atoms with E-state index >= 15 is 0 Å². The number of ether oxygens (including phenoxy) is 1. The fourth-order valence-corrected chi connectivity index (χ4v) is 4.43. The SMILES string of the molecule is Cc1ccc(-c2cc(C(=O)CCc3c(C)cc(C)[nH]c3=O)cc3c2OC(C)CCC3)cn1. The van der Waals surface area contributed by atoms with Gasteiger partial charge in [-0.15, -0.1) is 0 Å². The number of nitrogens with one attached hydrogen (secondary N) is 1. The lowest BCUT2D eigenvalue weighted by molar-refractivity contribution is 0.0982. The van der Waals surface area contributed by atoms with Crippen LogP contribution in [0, 0.1) is 20.8 Å². The molecule has 1 aliphatic rings. The van der Waals surface area contributed by atoms with Gasteiger partial charge in [-0.25, -0.2) is 0 Å². The molecule has 2 aromatic heterocycles. The van der Waals surface area contributed by atoms with E-state index in [9.17, 15) is 9.59 Å². The van der Waals surface area contributed by atoms with E-state index in [1.807, 2.05) is 57.3 Å². The molecule has 0 amide bonds. The summed E-state index contributed by atoms with van der Waals surface area (Å²) in [6.07, 6.45) is 5.57. The van der Waals surface area contributed by atoms with Gasteiger partial charge in [0.05, 0.1) is 6.10 Å². The number of benzene rings is 1. The Kier molecular flexibility index (Phi) is 6.26. The van der Waals surface area contributed by atoms with Gasteiger partial charge in [0.1, 0.15) is 5.75 Å². The van der Waals surface area contributed by atoms with Crippen LogP contribution in [0.1, 0.15) is 64.6 Å². The van der Waals surface area contributed by atoms with Gasteiger partial charge in [-0.1, -0.05) is 6.07 Å². The Hall–Kier alpha value is -3.21. The number of H-pyrrole nitrogens is 1. The summed E-state index contributed by atoms with van der Waals surface area (Å²) in [7, 11) is 0. The van der Waals surface area contributed by atoms with E-state index in [2.05, 4.69) is 16.9 Å². The summed E-state index contributed by atoms with van der Waals surface area (Å²) in [4.78, 5) is 32.8. The summed E-state index contributed by atoms with van der Waals surface area (Å²) in [5, 5.41) is 0. The zero-order valence-electron chi connectivity index (χ0n) is 19.2. The molecule has 0 spiro atoms. The van der Waals surface area contributed by atoms with E-state index in [0.29, 0.717) is 17.5 Å². The molecule has 3 heterocycles. The highest BCUT2D eigenvalue weighted by Gasteiger charge is 2.22. The lowest BCUT2D eigenvalue weighted by Crippen LogP contribution is -2.17. The molecule has 3 aromatic rings. The highest BCUT2D eigenvalue weighted by molar-refractivity contribution is 5.98. The predicted molar refractivity (Wildman–Crippen MR) is 127 cm³/mol. The molecule has 5 heteroatoms. The quantitative estimate of drug-likeness (QED) is 0.559. The van der Waals surface area contributed by atoms with Crippen LogP contribution in [0.5, 0.6) is 5.75 Å². The molecule has 0 saturated heterocycles. The normalized spacial score (nSPS) is 15.6.